The second-order valence-electron chi connectivity index (χ2n) is 8.25. The van der Waals surface area contributed by atoms with Gasteiger partial charge in [0.15, 0.2) is 0 Å². The van der Waals surface area contributed by atoms with Crippen molar-refractivity contribution >= 4 is 17.7 Å². The molecule has 0 fully saturated rings. The first-order valence-corrected chi connectivity index (χ1v) is 12.5. The molecular weight excluding hydrogens is 428 g/mol. The van der Waals surface area contributed by atoms with E-state index in [-0.39, 0.29) is 17.7 Å². The predicted molar refractivity (Wildman–Crippen MR) is 143 cm³/mol. The third kappa shape index (κ3) is 27.6. The van der Waals surface area contributed by atoms with Crippen LogP contribution < -0.4 is 0 Å². The second-order valence-corrected chi connectivity index (χ2v) is 8.25. The van der Waals surface area contributed by atoms with E-state index in [1.54, 1.807) is 6.92 Å². The van der Waals surface area contributed by atoms with E-state index >= 15 is 0 Å². The first-order chi connectivity index (χ1) is 16.0. The molecule has 0 saturated carbocycles. The first kappa shape index (κ1) is 36.1. The summed E-state index contributed by atoms with van der Waals surface area (Å²) in [6.07, 6.45) is 11.7. The SMILES string of the molecule is C/C=C/CCC.CC(=O)O.CCC(CCCOC(C)=O)C(C)=O.CCCc1ccc(C)cc1C. The zero-order chi connectivity index (χ0) is 26.9. The molecule has 1 unspecified atom stereocenters. The van der Waals surface area contributed by atoms with Crippen LogP contribution in [0.4, 0.5) is 0 Å². The lowest BCUT2D eigenvalue weighted by molar-refractivity contribution is -0.141. The van der Waals surface area contributed by atoms with Gasteiger partial charge in [0.05, 0.1) is 6.61 Å². The molecule has 1 N–H and O–H groups in total. The Morgan fingerprint density at radius 3 is 1.97 bits per heavy atom. The molecule has 1 aromatic carbocycles. The highest BCUT2D eigenvalue weighted by molar-refractivity contribution is 5.78. The van der Waals surface area contributed by atoms with Crippen molar-refractivity contribution in [2.24, 2.45) is 5.92 Å². The minimum atomic E-state index is -0.833. The minimum absolute atomic E-state index is 0.135. The molecule has 0 aliphatic rings. The number of allylic oxidation sites excluding steroid dienone is 2. The summed E-state index contributed by atoms with van der Waals surface area (Å²) in [6, 6.07) is 6.69. The Bertz CT molecular complexity index is 688. The Morgan fingerprint density at radius 1 is 1.03 bits per heavy atom. The molecule has 0 heterocycles. The molecule has 0 amide bonds. The fourth-order valence-electron chi connectivity index (χ4n) is 2.97. The molecule has 0 aliphatic heterocycles. The van der Waals surface area contributed by atoms with E-state index in [0.29, 0.717) is 6.61 Å². The van der Waals surface area contributed by atoms with Crippen molar-refractivity contribution in [2.45, 2.75) is 107 Å². The van der Waals surface area contributed by atoms with E-state index in [4.69, 9.17) is 14.6 Å². The number of aryl methyl sites for hydroxylation is 3. The van der Waals surface area contributed by atoms with Crippen LogP contribution in [-0.4, -0.2) is 29.4 Å². The monoisotopic (exact) mass is 478 g/mol. The zero-order valence-corrected chi connectivity index (χ0v) is 23.2. The number of carbonyl (C=O) groups is 3. The summed E-state index contributed by atoms with van der Waals surface area (Å²) in [4.78, 5) is 30.4. The van der Waals surface area contributed by atoms with E-state index in [1.165, 1.54) is 49.3 Å². The van der Waals surface area contributed by atoms with Gasteiger partial charge in [-0.05, 0) is 70.9 Å². The molecule has 0 saturated heterocycles. The van der Waals surface area contributed by atoms with Crippen LogP contribution in [0.15, 0.2) is 30.4 Å². The Balaban J connectivity index is -0.000000412. The number of hydrogen-bond acceptors (Lipinski definition) is 4. The van der Waals surface area contributed by atoms with Crippen molar-refractivity contribution < 1.29 is 24.2 Å². The number of unbranched alkanes of at least 4 members (excludes halogenated alkanes) is 1. The molecule has 0 aliphatic carbocycles. The fraction of sp³-hybridized carbons (Fsp3) is 0.621. The summed E-state index contributed by atoms with van der Waals surface area (Å²) >= 11 is 0. The standard InChI is InChI=1S/C11H16.C10H18O3.C6H12.C2H4O2/c1-4-5-11-7-6-9(2)8-10(11)3;1-4-10(8(2)11)6-5-7-13-9(3)12;1-3-5-6-4-2;1-2(3)4/h6-8H,4-5H2,1-3H3;10H,4-7H2,1-3H3;3,5H,4,6H2,1-2H3;1H3,(H,3,4)/b;;5-3+;. The molecule has 0 bridgehead atoms. The number of carboxylic acid groups (broad SMARTS) is 1. The van der Waals surface area contributed by atoms with Crippen molar-refractivity contribution in [2.75, 3.05) is 6.61 Å². The number of esters is 1. The summed E-state index contributed by atoms with van der Waals surface area (Å²) in [7, 11) is 0. The van der Waals surface area contributed by atoms with Gasteiger partial charge < -0.3 is 9.84 Å². The second kappa shape index (κ2) is 25.2. The van der Waals surface area contributed by atoms with Crippen molar-refractivity contribution in [1.82, 2.24) is 0 Å². The van der Waals surface area contributed by atoms with Crippen molar-refractivity contribution in [3.63, 3.8) is 0 Å². The van der Waals surface area contributed by atoms with Crippen molar-refractivity contribution in [3.05, 3.63) is 47.0 Å². The molecule has 5 heteroatoms. The molecule has 196 valence electrons. The highest BCUT2D eigenvalue weighted by Gasteiger charge is 2.10. The smallest absolute Gasteiger partial charge is 0.302 e. The molecule has 1 atom stereocenters. The number of carboxylic acids is 1. The van der Waals surface area contributed by atoms with E-state index in [9.17, 15) is 9.59 Å². The molecule has 5 nitrogen and oxygen atoms in total. The van der Waals surface area contributed by atoms with Gasteiger partial charge in [-0.25, -0.2) is 0 Å². The van der Waals surface area contributed by atoms with Gasteiger partial charge in [0.2, 0.25) is 0 Å². The van der Waals surface area contributed by atoms with Gasteiger partial charge in [-0.2, -0.15) is 0 Å². The van der Waals surface area contributed by atoms with Crippen molar-refractivity contribution in [1.29, 1.82) is 0 Å². The highest BCUT2D eigenvalue weighted by Crippen LogP contribution is 2.12. The van der Waals surface area contributed by atoms with Gasteiger partial charge in [-0.1, -0.05) is 69.5 Å². The molecule has 1 rings (SSSR count). The lowest BCUT2D eigenvalue weighted by atomic mass is 9.97. The molecule has 0 aromatic heterocycles. The highest BCUT2D eigenvalue weighted by atomic mass is 16.5. The topological polar surface area (TPSA) is 80.7 Å². The van der Waals surface area contributed by atoms with Gasteiger partial charge >= 0.3 is 5.97 Å². The molecule has 0 spiro atoms. The fourth-order valence-corrected chi connectivity index (χ4v) is 2.97. The van der Waals surface area contributed by atoms with Gasteiger partial charge in [-0.3, -0.25) is 14.4 Å². The number of rotatable bonds is 10. The lowest BCUT2D eigenvalue weighted by Gasteiger charge is -2.10. The van der Waals surface area contributed by atoms with Crippen LogP contribution in [-0.2, 0) is 25.5 Å². The molecule has 1 aromatic rings. The number of carbonyl (C=O) groups excluding carboxylic acids is 2. The van der Waals surface area contributed by atoms with E-state index in [0.717, 1.165) is 26.2 Å². The third-order valence-electron chi connectivity index (χ3n) is 4.78. The summed E-state index contributed by atoms with van der Waals surface area (Å²) in [6.45, 7) is 17.3. The average molecular weight is 479 g/mol. The molecular formula is C29H50O5. The number of Topliss-reactive ketones (excluding diaryl/α,β-unsaturated/α-hetero) is 1. The van der Waals surface area contributed by atoms with E-state index in [2.05, 4.69) is 65.0 Å². The average Bonchev–Trinajstić information content (AvgIpc) is 2.74. The Hall–Kier alpha value is -2.43. The quantitative estimate of drug-likeness (QED) is 0.212. The summed E-state index contributed by atoms with van der Waals surface area (Å²) in [5, 5.41) is 7.42. The number of aliphatic carboxylic acids is 1. The lowest BCUT2D eigenvalue weighted by Crippen LogP contribution is -2.11. The minimum Gasteiger partial charge on any atom is -0.481 e. The molecule has 34 heavy (non-hydrogen) atoms. The van der Waals surface area contributed by atoms with Crippen LogP contribution >= 0.6 is 0 Å². The van der Waals surface area contributed by atoms with Crippen LogP contribution in [0.5, 0.6) is 0 Å². The number of ether oxygens (including phenoxy) is 1. The van der Waals surface area contributed by atoms with E-state index < -0.39 is 5.97 Å². The largest absolute Gasteiger partial charge is 0.481 e. The number of hydrogen-bond donors (Lipinski definition) is 1. The summed E-state index contributed by atoms with van der Waals surface area (Å²) in [5.41, 5.74) is 4.30. The molecule has 0 radical (unpaired) electrons. The van der Waals surface area contributed by atoms with Crippen LogP contribution in [0.2, 0.25) is 0 Å². The van der Waals surface area contributed by atoms with Crippen LogP contribution in [0.1, 0.15) is 104 Å². The third-order valence-corrected chi connectivity index (χ3v) is 4.78. The maximum absolute atomic E-state index is 11.0. The maximum Gasteiger partial charge on any atom is 0.302 e. The Kier molecular flexibility index (Phi) is 26.8. The van der Waals surface area contributed by atoms with Gasteiger partial charge in [0.25, 0.3) is 5.97 Å². The number of ketones is 1. The number of benzene rings is 1. The zero-order valence-electron chi connectivity index (χ0n) is 23.2. The van der Waals surface area contributed by atoms with Gasteiger partial charge in [0, 0.05) is 19.8 Å². The van der Waals surface area contributed by atoms with Gasteiger partial charge in [0.1, 0.15) is 5.78 Å². The van der Waals surface area contributed by atoms with Crippen LogP contribution in [0.3, 0.4) is 0 Å². The first-order valence-electron chi connectivity index (χ1n) is 12.5. The predicted octanol–water partition coefficient (Wildman–Crippen LogP) is 7.65. The van der Waals surface area contributed by atoms with Crippen LogP contribution in [0, 0.1) is 19.8 Å². The summed E-state index contributed by atoms with van der Waals surface area (Å²) in [5.74, 6) is -0.725. The van der Waals surface area contributed by atoms with Crippen molar-refractivity contribution in [3.8, 4) is 0 Å². The van der Waals surface area contributed by atoms with Gasteiger partial charge in [-0.15, -0.1) is 0 Å². The normalized spacial score (nSPS) is 10.5. The Labute approximate surface area is 209 Å². The summed E-state index contributed by atoms with van der Waals surface area (Å²) < 4.78 is 4.77. The van der Waals surface area contributed by atoms with Crippen LogP contribution in [0.25, 0.3) is 0 Å². The maximum atomic E-state index is 11.0. The van der Waals surface area contributed by atoms with E-state index in [1.807, 2.05) is 6.92 Å². The Morgan fingerprint density at radius 2 is 1.62 bits per heavy atom.